The summed E-state index contributed by atoms with van der Waals surface area (Å²) in [6.45, 7) is 0.837. The van der Waals surface area contributed by atoms with Crippen molar-refractivity contribution >= 4 is 5.87 Å². The number of nitrogens with one attached hydrogen (secondary N) is 1. The summed E-state index contributed by atoms with van der Waals surface area (Å²) in [5.41, 5.74) is 0.951. The van der Waals surface area contributed by atoms with Crippen LogP contribution in [0, 0.1) is 5.41 Å². The molecule has 8 heavy (non-hydrogen) atoms. The van der Waals surface area contributed by atoms with E-state index in [1.807, 2.05) is 24.2 Å². The van der Waals surface area contributed by atoms with Crippen molar-refractivity contribution in [2.24, 2.45) is 0 Å². The molecule has 1 rings (SSSR count). The second kappa shape index (κ2) is 1.85. The molecule has 0 atom stereocenters. The monoisotopic (exact) mass is 108 g/mol. The highest BCUT2D eigenvalue weighted by molar-refractivity contribution is 5.60. The van der Waals surface area contributed by atoms with E-state index in [1.165, 1.54) is 0 Å². The molecule has 0 aromatic carbocycles. The van der Waals surface area contributed by atoms with Crippen molar-refractivity contribution in [3.63, 3.8) is 0 Å². The first-order valence-corrected chi connectivity index (χ1v) is 2.50. The summed E-state index contributed by atoms with van der Waals surface area (Å²) in [4.78, 5) is 2.01. The molecule has 0 aliphatic carbocycles. The normalized spacial score (nSPS) is 17.1. The fraction of sp³-hybridized carbons (Fsp3) is 0.333. The standard InChI is InChI=1S/C6H8N2/c1-8-3-2-6(4-7)5-8/h2-3,7H,5H2,1H3. The Morgan fingerprint density at radius 2 is 2.62 bits per heavy atom. The van der Waals surface area contributed by atoms with Gasteiger partial charge in [0.2, 0.25) is 0 Å². The van der Waals surface area contributed by atoms with E-state index in [0.29, 0.717) is 0 Å². The van der Waals surface area contributed by atoms with Crippen molar-refractivity contribution in [1.82, 2.24) is 4.90 Å². The lowest BCUT2D eigenvalue weighted by Gasteiger charge is -2.02. The van der Waals surface area contributed by atoms with Crippen LogP contribution in [0.25, 0.3) is 0 Å². The Balaban J connectivity index is 2.73. The summed E-state index contributed by atoms with van der Waals surface area (Å²) >= 11 is 0. The molecule has 0 amide bonds. The van der Waals surface area contributed by atoms with Gasteiger partial charge in [-0.25, -0.2) is 0 Å². The van der Waals surface area contributed by atoms with Crippen molar-refractivity contribution in [3.05, 3.63) is 17.8 Å². The van der Waals surface area contributed by atoms with Crippen LogP contribution in [0.3, 0.4) is 0 Å². The summed E-state index contributed by atoms with van der Waals surface area (Å²) in [5, 5.41) is 6.72. The average molecular weight is 108 g/mol. The van der Waals surface area contributed by atoms with Crippen LogP contribution in [-0.4, -0.2) is 24.4 Å². The molecule has 0 radical (unpaired) electrons. The largest absolute Gasteiger partial charge is 0.375 e. The second-order valence-corrected chi connectivity index (χ2v) is 1.88. The van der Waals surface area contributed by atoms with Crippen molar-refractivity contribution in [2.75, 3.05) is 13.6 Å². The fourth-order valence-corrected chi connectivity index (χ4v) is 0.673. The van der Waals surface area contributed by atoms with Gasteiger partial charge in [-0.3, -0.25) is 5.41 Å². The first-order chi connectivity index (χ1) is 3.83. The quantitative estimate of drug-likeness (QED) is 0.452. The van der Waals surface area contributed by atoms with E-state index in [-0.39, 0.29) is 0 Å². The van der Waals surface area contributed by atoms with Gasteiger partial charge in [0, 0.05) is 18.8 Å². The molecule has 1 heterocycles. The molecular weight excluding hydrogens is 100 g/mol. The molecule has 2 nitrogen and oxygen atoms in total. The van der Waals surface area contributed by atoms with Gasteiger partial charge in [0.25, 0.3) is 0 Å². The Labute approximate surface area is 48.6 Å². The van der Waals surface area contributed by atoms with E-state index in [1.54, 1.807) is 0 Å². The third kappa shape index (κ3) is 0.796. The zero-order valence-electron chi connectivity index (χ0n) is 4.81. The predicted octanol–water partition coefficient (Wildman–Crippen LogP) is 0.620. The third-order valence-corrected chi connectivity index (χ3v) is 1.11. The second-order valence-electron chi connectivity index (χ2n) is 1.88. The molecule has 0 aromatic rings. The van der Waals surface area contributed by atoms with E-state index in [2.05, 4.69) is 5.87 Å². The van der Waals surface area contributed by atoms with Gasteiger partial charge >= 0.3 is 0 Å². The predicted molar refractivity (Wildman–Crippen MR) is 33.0 cm³/mol. The van der Waals surface area contributed by atoms with Crippen LogP contribution in [0.1, 0.15) is 0 Å². The SMILES string of the molecule is CN1C=CC(=C=N)C1. The van der Waals surface area contributed by atoms with Crippen LogP contribution in [0.5, 0.6) is 0 Å². The van der Waals surface area contributed by atoms with Gasteiger partial charge in [0.1, 0.15) is 0 Å². The molecule has 42 valence electrons. The van der Waals surface area contributed by atoms with E-state index in [0.717, 1.165) is 12.1 Å². The molecule has 0 spiro atoms. The Morgan fingerprint density at radius 1 is 1.88 bits per heavy atom. The zero-order valence-corrected chi connectivity index (χ0v) is 4.81. The van der Waals surface area contributed by atoms with Crippen molar-refractivity contribution in [1.29, 1.82) is 5.41 Å². The molecular formula is C6H8N2. The van der Waals surface area contributed by atoms with Crippen LogP contribution in [-0.2, 0) is 0 Å². The Morgan fingerprint density at radius 3 is 2.88 bits per heavy atom. The molecule has 0 unspecified atom stereocenters. The van der Waals surface area contributed by atoms with E-state index >= 15 is 0 Å². The number of rotatable bonds is 0. The summed E-state index contributed by atoms with van der Waals surface area (Å²) in [6.07, 6.45) is 3.84. The van der Waals surface area contributed by atoms with Crippen LogP contribution >= 0.6 is 0 Å². The number of likely N-dealkylation sites (N-methyl/N-ethyl adjacent to an activating group) is 1. The lowest BCUT2D eigenvalue weighted by atomic mass is 10.3. The summed E-state index contributed by atoms with van der Waals surface area (Å²) < 4.78 is 0. The molecule has 1 N–H and O–H groups in total. The van der Waals surface area contributed by atoms with Gasteiger partial charge in [-0.05, 0) is 11.9 Å². The van der Waals surface area contributed by atoms with E-state index in [4.69, 9.17) is 5.41 Å². The maximum Gasteiger partial charge on any atom is 0.0509 e. The number of hydrogen-bond donors (Lipinski definition) is 1. The van der Waals surface area contributed by atoms with Crippen LogP contribution in [0.15, 0.2) is 17.8 Å². The Kier molecular flexibility index (Phi) is 1.18. The molecule has 1 aliphatic heterocycles. The molecule has 0 aromatic heterocycles. The van der Waals surface area contributed by atoms with E-state index in [9.17, 15) is 0 Å². The fourth-order valence-electron chi connectivity index (χ4n) is 0.673. The Hall–Kier alpha value is -1.01. The minimum atomic E-state index is 0.837. The zero-order chi connectivity index (χ0) is 5.98. The highest BCUT2D eigenvalue weighted by Crippen LogP contribution is 2.03. The molecule has 1 aliphatic rings. The average Bonchev–Trinajstić information content (AvgIpc) is 2.14. The van der Waals surface area contributed by atoms with E-state index < -0.39 is 0 Å². The lowest BCUT2D eigenvalue weighted by molar-refractivity contribution is 0.524. The molecule has 0 fully saturated rings. The third-order valence-electron chi connectivity index (χ3n) is 1.11. The number of hydrogen-bond acceptors (Lipinski definition) is 2. The molecule has 2 heteroatoms. The van der Waals surface area contributed by atoms with Gasteiger partial charge in [-0.1, -0.05) is 0 Å². The molecule has 0 saturated heterocycles. The summed E-state index contributed by atoms with van der Waals surface area (Å²) in [7, 11) is 1.97. The highest BCUT2D eigenvalue weighted by atomic mass is 15.1. The van der Waals surface area contributed by atoms with Gasteiger partial charge in [-0.15, -0.1) is 0 Å². The maximum absolute atomic E-state index is 6.72. The number of nitrogens with zero attached hydrogens (tertiary/aromatic N) is 1. The lowest BCUT2D eigenvalue weighted by Crippen LogP contribution is -2.06. The Bertz CT molecular complexity index is 163. The van der Waals surface area contributed by atoms with Gasteiger partial charge in [0.05, 0.1) is 6.54 Å². The van der Waals surface area contributed by atoms with Crippen LogP contribution < -0.4 is 0 Å². The first kappa shape index (κ1) is 5.13. The van der Waals surface area contributed by atoms with Crippen molar-refractivity contribution < 1.29 is 0 Å². The van der Waals surface area contributed by atoms with Gasteiger partial charge in [-0.2, -0.15) is 0 Å². The molecule has 0 bridgehead atoms. The minimum absolute atomic E-state index is 0.837. The van der Waals surface area contributed by atoms with Crippen molar-refractivity contribution in [2.45, 2.75) is 0 Å². The van der Waals surface area contributed by atoms with Crippen LogP contribution in [0.4, 0.5) is 0 Å². The summed E-state index contributed by atoms with van der Waals surface area (Å²) in [5.74, 6) is 2.33. The van der Waals surface area contributed by atoms with Gasteiger partial charge < -0.3 is 4.90 Å². The van der Waals surface area contributed by atoms with Gasteiger partial charge in [0.15, 0.2) is 0 Å². The molecule has 0 saturated carbocycles. The first-order valence-electron chi connectivity index (χ1n) is 2.50. The minimum Gasteiger partial charge on any atom is -0.375 e. The topological polar surface area (TPSA) is 27.1 Å². The van der Waals surface area contributed by atoms with Crippen LogP contribution in [0.2, 0.25) is 0 Å². The van der Waals surface area contributed by atoms with Crippen molar-refractivity contribution in [3.8, 4) is 0 Å². The summed E-state index contributed by atoms with van der Waals surface area (Å²) in [6, 6.07) is 0. The smallest absolute Gasteiger partial charge is 0.0509 e. The maximum atomic E-state index is 6.72. The highest BCUT2D eigenvalue weighted by Gasteiger charge is 2.01.